The molecule has 4 rings (SSSR count). The van der Waals surface area contributed by atoms with Gasteiger partial charge in [0.05, 0.1) is 11.8 Å². The molecule has 1 N–H and O–H groups in total. The standard InChI is InChI=1S/C26H32ClFN2O3S/c1-2-25(21-11-10-18-6-3-4-7-20(18)16-21)29-26(31)19-12-14-30(15-13-19)34(32,33)17-22-23(27)8-5-9-24(22)28/h5,8-11,16,19,25H,2-4,6-7,12-15,17H2,1H3,(H,29,31)/t25-/m1/s1. The molecule has 0 bridgehead atoms. The van der Waals surface area contributed by atoms with Crippen LogP contribution in [0, 0.1) is 11.7 Å². The van der Waals surface area contributed by atoms with Crippen LogP contribution < -0.4 is 5.32 Å². The molecule has 34 heavy (non-hydrogen) atoms. The molecule has 1 fully saturated rings. The lowest BCUT2D eigenvalue weighted by Crippen LogP contribution is -2.44. The van der Waals surface area contributed by atoms with Gasteiger partial charge >= 0.3 is 0 Å². The molecule has 1 aliphatic carbocycles. The van der Waals surface area contributed by atoms with E-state index in [-0.39, 0.29) is 41.5 Å². The van der Waals surface area contributed by atoms with E-state index in [9.17, 15) is 17.6 Å². The van der Waals surface area contributed by atoms with Gasteiger partial charge in [-0.15, -0.1) is 0 Å². The minimum atomic E-state index is -3.73. The van der Waals surface area contributed by atoms with Crippen LogP contribution in [0.5, 0.6) is 0 Å². The van der Waals surface area contributed by atoms with Crippen LogP contribution in [-0.2, 0) is 33.4 Å². The summed E-state index contributed by atoms with van der Waals surface area (Å²) < 4.78 is 41.2. The molecule has 2 aromatic rings. The third-order valence-electron chi connectivity index (χ3n) is 7.11. The van der Waals surface area contributed by atoms with Crippen LogP contribution in [0.3, 0.4) is 0 Å². The Morgan fingerprint density at radius 1 is 1.15 bits per heavy atom. The molecule has 0 unspecified atom stereocenters. The Bertz CT molecular complexity index is 1130. The SMILES string of the molecule is CC[C@@H](NC(=O)C1CCN(S(=O)(=O)Cc2c(F)cccc2Cl)CC1)c1ccc2c(c1)CCCC2. The molecule has 2 aromatic carbocycles. The van der Waals surface area contributed by atoms with Gasteiger partial charge < -0.3 is 5.32 Å². The van der Waals surface area contributed by atoms with E-state index in [1.165, 1.54) is 46.5 Å². The Labute approximate surface area is 206 Å². The number of rotatable bonds is 7. The van der Waals surface area contributed by atoms with Crippen LogP contribution in [0.4, 0.5) is 4.39 Å². The minimum absolute atomic E-state index is 0.0140. The van der Waals surface area contributed by atoms with E-state index in [4.69, 9.17) is 11.6 Å². The normalized spacial score (nSPS) is 18.3. The maximum Gasteiger partial charge on any atom is 0.223 e. The quantitative estimate of drug-likeness (QED) is 0.563. The van der Waals surface area contributed by atoms with Crippen molar-refractivity contribution >= 4 is 27.5 Å². The number of nitrogens with zero attached hydrogens (tertiary/aromatic N) is 1. The van der Waals surface area contributed by atoms with Crippen molar-refractivity contribution in [1.29, 1.82) is 0 Å². The second kappa shape index (κ2) is 10.8. The number of sulfonamides is 1. The van der Waals surface area contributed by atoms with Crippen LogP contribution >= 0.6 is 11.6 Å². The number of nitrogens with one attached hydrogen (secondary N) is 1. The number of hydrogen-bond acceptors (Lipinski definition) is 3. The summed E-state index contributed by atoms with van der Waals surface area (Å²) in [7, 11) is -3.73. The van der Waals surface area contributed by atoms with Crippen LogP contribution in [-0.4, -0.2) is 31.7 Å². The Morgan fingerprint density at radius 2 is 1.85 bits per heavy atom. The highest BCUT2D eigenvalue weighted by molar-refractivity contribution is 7.88. The molecule has 1 atom stereocenters. The van der Waals surface area contributed by atoms with Gasteiger partial charge in [0.15, 0.2) is 0 Å². The van der Waals surface area contributed by atoms with Crippen molar-refractivity contribution in [2.75, 3.05) is 13.1 Å². The van der Waals surface area contributed by atoms with E-state index >= 15 is 0 Å². The topological polar surface area (TPSA) is 66.5 Å². The van der Waals surface area contributed by atoms with E-state index in [1.54, 1.807) is 0 Å². The summed E-state index contributed by atoms with van der Waals surface area (Å²) in [4.78, 5) is 13.0. The highest BCUT2D eigenvalue weighted by atomic mass is 35.5. The highest BCUT2D eigenvalue weighted by Gasteiger charge is 2.33. The number of fused-ring (bicyclic) bond motifs is 1. The van der Waals surface area contributed by atoms with Crippen LogP contribution in [0.1, 0.15) is 67.3 Å². The van der Waals surface area contributed by atoms with Gasteiger partial charge in [-0.1, -0.05) is 42.8 Å². The van der Waals surface area contributed by atoms with E-state index in [2.05, 4.69) is 30.4 Å². The maximum atomic E-state index is 14.1. The van der Waals surface area contributed by atoms with Crippen molar-refractivity contribution in [3.63, 3.8) is 0 Å². The van der Waals surface area contributed by atoms with Crippen LogP contribution in [0.25, 0.3) is 0 Å². The van der Waals surface area contributed by atoms with Gasteiger partial charge in [-0.25, -0.2) is 17.1 Å². The molecule has 1 heterocycles. The maximum absolute atomic E-state index is 14.1. The first-order valence-corrected chi connectivity index (χ1v) is 14.1. The van der Waals surface area contributed by atoms with Gasteiger partial charge in [0, 0.05) is 29.6 Å². The van der Waals surface area contributed by atoms with E-state index in [0.29, 0.717) is 12.8 Å². The second-order valence-corrected chi connectivity index (χ2v) is 11.7. The van der Waals surface area contributed by atoms with Crippen molar-refractivity contribution in [2.45, 2.75) is 63.7 Å². The fourth-order valence-electron chi connectivity index (χ4n) is 5.02. The molecular formula is C26H32ClFN2O3S. The molecular weight excluding hydrogens is 475 g/mol. The molecule has 1 saturated heterocycles. The van der Waals surface area contributed by atoms with Crippen molar-refractivity contribution in [2.24, 2.45) is 5.92 Å². The molecule has 0 aromatic heterocycles. The van der Waals surface area contributed by atoms with Crippen molar-refractivity contribution < 1.29 is 17.6 Å². The van der Waals surface area contributed by atoms with Gasteiger partial charge in [-0.05, 0) is 73.8 Å². The molecule has 1 amide bonds. The molecule has 8 heteroatoms. The number of hydrogen-bond donors (Lipinski definition) is 1. The summed E-state index contributed by atoms with van der Waals surface area (Å²) in [6.07, 6.45) is 6.35. The Morgan fingerprint density at radius 3 is 2.53 bits per heavy atom. The largest absolute Gasteiger partial charge is 0.349 e. The number of carbonyl (C=O) groups excluding carboxylic acids is 1. The lowest BCUT2D eigenvalue weighted by Gasteiger charge is -2.31. The zero-order chi connectivity index (χ0) is 24.3. The first-order valence-electron chi connectivity index (χ1n) is 12.1. The molecule has 0 spiro atoms. The number of piperidine rings is 1. The molecule has 2 aliphatic rings. The average molecular weight is 507 g/mol. The summed E-state index contributed by atoms with van der Waals surface area (Å²) >= 11 is 6.02. The lowest BCUT2D eigenvalue weighted by molar-refractivity contribution is -0.126. The van der Waals surface area contributed by atoms with Crippen LogP contribution in [0.2, 0.25) is 5.02 Å². The molecule has 184 valence electrons. The van der Waals surface area contributed by atoms with E-state index in [1.807, 2.05) is 0 Å². The Balaban J connectivity index is 1.35. The zero-order valence-electron chi connectivity index (χ0n) is 19.5. The number of benzene rings is 2. The van der Waals surface area contributed by atoms with Crippen LogP contribution in [0.15, 0.2) is 36.4 Å². The molecule has 5 nitrogen and oxygen atoms in total. The van der Waals surface area contributed by atoms with Gasteiger partial charge in [0.1, 0.15) is 5.82 Å². The number of aryl methyl sites for hydroxylation is 2. The third-order valence-corrected chi connectivity index (χ3v) is 9.27. The average Bonchev–Trinajstić information content (AvgIpc) is 2.84. The third kappa shape index (κ3) is 5.64. The molecule has 0 radical (unpaired) electrons. The van der Waals surface area contributed by atoms with Gasteiger partial charge in [-0.2, -0.15) is 0 Å². The predicted molar refractivity (Wildman–Crippen MR) is 133 cm³/mol. The summed E-state index contributed by atoms with van der Waals surface area (Å²) in [6, 6.07) is 10.7. The van der Waals surface area contributed by atoms with Crippen molar-refractivity contribution in [3.8, 4) is 0 Å². The minimum Gasteiger partial charge on any atom is -0.349 e. The van der Waals surface area contributed by atoms with Crippen molar-refractivity contribution in [3.05, 3.63) is 69.5 Å². The fourth-order valence-corrected chi connectivity index (χ4v) is 6.94. The van der Waals surface area contributed by atoms with Gasteiger partial charge in [0.2, 0.25) is 15.9 Å². The second-order valence-electron chi connectivity index (χ2n) is 9.33. The van der Waals surface area contributed by atoms with Gasteiger partial charge in [-0.3, -0.25) is 4.79 Å². The summed E-state index contributed by atoms with van der Waals surface area (Å²) in [6.45, 7) is 2.54. The summed E-state index contributed by atoms with van der Waals surface area (Å²) in [5.74, 6) is -1.38. The molecule has 1 aliphatic heterocycles. The van der Waals surface area contributed by atoms with E-state index in [0.717, 1.165) is 24.8 Å². The number of carbonyl (C=O) groups is 1. The van der Waals surface area contributed by atoms with E-state index < -0.39 is 21.6 Å². The monoisotopic (exact) mass is 506 g/mol. The number of amides is 1. The highest BCUT2D eigenvalue weighted by Crippen LogP contribution is 2.28. The first kappa shape index (κ1) is 25.1. The fraction of sp³-hybridized carbons (Fsp3) is 0.500. The predicted octanol–water partition coefficient (Wildman–Crippen LogP) is 5.17. The summed E-state index contributed by atoms with van der Waals surface area (Å²) in [5.41, 5.74) is 3.93. The summed E-state index contributed by atoms with van der Waals surface area (Å²) in [5, 5.41) is 3.30. The smallest absolute Gasteiger partial charge is 0.223 e. The lowest BCUT2D eigenvalue weighted by atomic mass is 9.88. The molecule has 0 saturated carbocycles. The van der Waals surface area contributed by atoms with Crippen molar-refractivity contribution in [1.82, 2.24) is 9.62 Å². The zero-order valence-corrected chi connectivity index (χ0v) is 21.1. The number of halogens is 2. The Kier molecular flexibility index (Phi) is 7.95. The van der Waals surface area contributed by atoms with Gasteiger partial charge in [0.25, 0.3) is 0 Å². The first-order chi connectivity index (χ1) is 16.3. The Hall–Kier alpha value is -1.96.